The van der Waals surface area contributed by atoms with E-state index in [1.54, 1.807) is 0 Å². The number of benzene rings is 1. The smallest absolute Gasteiger partial charge is 0.0534 e. The molecule has 0 radical (unpaired) electrons. The second-order valence-electron chi connectivity index (χ2n) is 5.32. The Morgan fingerprint density at radius 3 is 2.63 bits per heavy atom. The summed E-state index contributed by atoms with van der Waals surface area (Å²) in [5.41, 5.74) is 5.26. The highest BCUT2D eigenvalue weighted by atomic mass is 15.3. The number of nitrogens with one attached hydrogen (secondary N) is 1. The van der Waals surface area contributed by atoms with Crippen LogP contribution in [-0.2, 0) is 6.54 Å². The Kier molecular flexibility index (Phi) is 4.38. The van der Waals surface area contributed by atoms with Gasteiger partial charge in [-0.25, -0.2) is 0 Å². The monoisotopic (exact) mass is 257 g/mol. The highest BCUT2D eigenvalue weighted by Crippen LogP contribution is 2.18. The van der Waals surface area contributed by atoms with Gasteiger partial charge in [0.25, 0.3) is 0 Å². The Hall–Kier alpha value is -1.61. The maximum Gasteiger partial charge on any atom is 0.0534 e. The van der Waals surface area contributed by atoms with E-state index < -0.39 is 0 Å². The third kappa shape index (κ3) is 3.67. The molecule has 0 saturated carbocycles. The van der Waals surface area contributed by atoms with Gasteiger partial charge in [-0.1, -0.05) is 23.8 Å². The van der Waals surface area contributed by atoms with Crippen molar-refractivity contribution >= 4 is 0 Å². The van der Waals surface area contributed by atoms with Crippen LogP contribution in [0.25, 0.3) is 0 Å². The third-order valence-electron chi connectivity index (χ3n) is 3.45. The van der Waals surface area contributed by atoms with Gasteiger partial charge in [-0.3, -0.25) is 4.68 Å². The fraction of sp³-hybridized carbons (Fsp3) is 0.438. The minimum atomic E-state index is 0.372. The van der Waals surface area contributed by atoms with Gasteiger partial charge >= 0.3 is 0 Å². The average Bonchev–Trinajstić information content (AvgIpc) is 2.75. The van der Waals surface area contributed by atoms with Gasteiger partial charge in [0, 0.05) is 18.8 Å². The molecule has 102 valence electrons. The molecule has 1 aromatic heterocycles. The molecule has 0 aliphatic rings. The van der Waals surface area contributed by atoms with Crippen molar-refractivity contribution in [3.63, 3.8) is 0 Å². The summed E-state index contributed by atoms with van der Waals surface area (Å²) in [6.07, 6.45) is 3.97. The molecule has 0 aliphatic heterocycles. The normalized spacial score (nSPS) is 12.6. The van der Waals surface area contributed by atoms with Crippen molar-refractivity contribution in [2.75, 3.05) is 6.54 Å². The molecule has 1 heterocycles. The van der Waals surface area contributed by atoms with E-state index in [2.05, 4.69) is 62.5 Å². The Balaban J connectivity index is 1.88. The van der Waals surface area contributed by atoms with Gasteiger partial charge in [-0.2, -0.15) is 5.10 Å². The molecular formula is C16H23N3. The molecule has 3 nitrogen and oxygen atoms in total. The van der Waals surface area contributed by atoms with Gasteiger partial charge in [0.2, 0.25) is 0 Å². The number of aryl methyl sites for hydroxylation is 3. The molecule has 1 atom stereocenters. The molecule has 0 amide bonds. The molecule has 3 heteroatoms. The van der Waals surface area contributed by atoms with E-state index in [-0.39, 0.29) is 0 Å². The number of hydrogen-bond donors (Lipinski definition) is 1. The van der Waals surface area contributed by atoms with Crippen LogP contribution < -0.4 is 5.32 Å². The quantitative estimate of drug-likeness (QED) is 0.891. The number of hydrogen-bond acceptors (Lipinski definition) is 2. The topological polar surface area (TPSA) is 29.9 Å². The Morgan fingerprint density at radius 2 is 2.00 bits per heavy atom. The molecule has 0 aliphatic carbocycles. The average molecular weight is 257 g/mol. The van der Waals surface area contributed by atoms with Crippen LogP contribution >= 0.6 is 0 Å². The lowest BCUT2D eigenvalue weighted by Gasteiger charge is -2.17. The summed E-state index contributed by atoms with van der Waals surface area (Å²) >= 11 is 0. The van der Waals surface area contributed by atoms with Gasteiger partial charge < -0.3 is 5.32 Å². The van der Waals surface area contributed by atoms with Crippen LogP contribution in [0.2, 0.25) is 0 Å². The largest absolute Gasteiger partial charge is 0.308 e. The molecule has 1 unspecified atom stereocenters. The summed E-state index contributed by atoms with van der Waals surface area (Å²) in [5, 5.41) is 7.85. The fourth-order valence-corrected chi connectivity index (χ4v) is 2.41. The maximum atomic E-state index is 4.29. The standard InChI is InChI=1S/C16H23N3/c1-12-5-6-16(14(3)9-12)15(4)17-7-8-19-11-13(2)10-18-19/h5-6,9-11,15,17H,7-8H2,1-4H3. The van der Waals surface area contributed by atoms with Crippen molar-refractivity contribution in [1.29, 1.82) is 0 Å². The molecule has 0 saturated heterocycles. The third-order valence-corrected chi connectivity index (χ3v) is 3.45. The van der Waals surface area contributed by atoms with Crippen LogP contribution in [0.5, 0.6) is 0 Å². The van der Waals surface area contributed by atoms with E-state index in [9.17, 15) is 0 Å². The van der Waals surface area contributed by atoms with E-state index in [1.165, 1.54) is 22.3 Å². The second kappa shape index (κ2) is 6.02. The Morgan fingerprint density at radius 1 is 1.21 bits per heavy atom. The summed E-state index contributed by atoms with van der Waals surface area (Å²) in [6, 6.07) is 7.01. The predicted octanol–water partition coefficient (Wildman–Crippen LogP) is 3.16. The van der Waals surface area contributed by atoms with Crippen LogP contribution in [0.4, 0.5) is 0 Å². The van der Waals surface area contributed by atoms with Gasteiger partial charge in [0.05, 0.1) is 12.7 Å². The van der Waals surface area contributed by atoms with E-state index in [0.29, 0.717) is 6.04 Å². The summed E-state index contributed by atoms with van der Waals surface area (Å²) < 4.78 is 1.98. The molecule has 2 aromatic rings. The molecular weight excluding hydrogens is 234 g/mol. The molecule has 19 heavy (non-hydrogen) atoms. The van der Waals surface area contributed by atoms with E-state index >= 15 is 0 Å². The van der Waals surface area contributed by atoms with Gasteiger partial charge in [0.15, 0.2) is 0 Å². The Bertz CT molecular complexity index is 543. The van der Waals surface area contributed by atoms with Crippen molar-refractivity contribution in [3.05, 3.63) is 52.8 Å². The molecule has 0 bridgehead atoms. The maximum absolute atomic E-state index is 4.29. The van der Waals surface area contributed by atoms with E-state index in [4.69, 9.17) is 0 Å². The zero-order valence-electron chi connectivity index (χ0n) is 12.3. The van der Waals surface area contributed by atoms with Crippen molar-refractivity contribution in [1.82, 2.24) is 15.1 Å². The van der Waals surface area contributed by atoms with Crippen molar-refractivity contribution in [3.8, 4) is 0 Å². The van der Waals surface area contributed by atoms with Crippen molar-refractivity contribution in [2.45, 2.75) is 40.3 Å². The first-order valence-corrected chi connectivity index (χ1v) is 6.86. The first kappa shape index (κ1) is 13.8. The highest BCUT2D eigenvalue weighted by Gasteiger charge is 2.07. The van der Waals surface area contributed by atoms with Gasteiger partial charge in [-0.05, 0) is 44.4 Å². The molecule has 2 rings (SSSR count). The van der Waals surface area contributed by atoms with Crippen LogP contribution in [0, 0.1) is 20.8 Å². The summed E-state index contributed by atoms with van der Waals surface area (Å²) in [7, 11) is 0. The van der Waals surface area contributed by atoms with E-state index in [1.807, 2.05) is 10.9 Å². The SMILES string of the molecule is Cc1ccc(C(C)NCCn2cc(C)cn2)c(C)c1. The van der Waals surface area contributed by atoms with Crippen LogP contribution in [0.3, 0.4) is 0 Å². The molecule has 0 fully saturated rings. The zero-order chi connectivity index (χ0) is 13.8. The minimum absolute atomic E-state index is 0.372. The summed E-state index contributed by atoms with van der Waals surface area (Å²) in [4.78, 5) is 0. The van der Waals surface area contributed by atoms with Crippen molar-refractivity contribution < 1.29 is 0 Å². The number of aromatic nitrogens is 2. The lowest BCUT2D eigenvalue weighted by atomic mass is 10.0. The Labute approximate surface area is 115 Å². The molecule has 0 spiro atoms. The summed E-state index contributed by atoms with van der Waals surface area (Å²) in [6.45, 7) is 10.4. The number of rotatable bonds is 5. The lowest BCUT2D eigenvalue weighted by molar-refractivity contribution is 0.506. The fourth-order valence-electron chi connectivity index (χ4n) is 2.41. The lowest BCUT2D eigenvalue weighted by Crippen LogP contribution is -2.24. The molecule has 1 aromatic carbocycles. The first-order valence-electron chi connectivity index (χ1n) is 6.86. The van der Waals surface area contributed by atoms with Gasteiger partial charge in [-0.15, -0.1) is 0 Å². The van der Waals surface area contributed by atoms with Crippen LogP contribution in [-0.4, -0.2) is 16.3 Å². The first-order chi connectivity index (χ1) is 9.06. The number of nitrogens with zero attached hydrogens (tertiary/aromatic N) is 2. The van der Waals surface area contributed by atoms with Crippen LogP contribution in [0.15, 0.2) is 30.6 Å². The second-order valence-corrected chi connectivity index (χ2v) is 5.32. The minimum Gasteiger partial charge on any atom is -0.308 e. The van der Waals surface area contributed by atoms with E-state index in [0.717, 1.165) is 13.1 Å². The van der Waals surface area contributed by atoms with Crippen LogP contribution in [0.1, 0.15) is 35.2 Å². The molecule has 1 N–H and O–H groups in total. The van der Waals surface area contributed by atoms with Crippen molar-refractivity contribution in [2.24, 2.45) is 0 Å². The highest BCUT2D eigenvalue weighted by molar-refractivity contribution is 5.32. The zero-order valence-corrected chi connectivity index (χ0v) is 12.3. The van der Waals surface area contributed by atoms with Gasteiger partial charge in [0.1, 0.15) is 0 Å². The predicted molar refractivity (Wildman–Crippen MR) is 79.3 cm³/mol. The summed E-state index contributed by atoms with van der Waals surface area (Å²) in [5.74, 6) is 0.